The van der Waals surface area contributed by atoms with Crippen LogP contribution in [-0.4, -0.2) is 106 Å². The fraction of sp³-hybridized carbons (Fsp3) is 0.962. The van der Waals surface area contributed by atoms with Gasteiger partial charge in [-0.3, -0.25) is 4.55 Å². The first-order valence-electron chi connectivity index (χ1n) is 38.4. The normalized spacial score (nSPS) is 46.6. The minimum Gasteiger partial charge on any atom is -0.393 e. The molecule has 19 heteroatoms. The van der Waals surface area contributed by atoms with Gasteiger partial charge in [-0.2, -0.15) is 8.42 Å². The Labute approximate surface area is 588 Å². The van der Waals surface area contributed by atoms with Gasteiger partial charge in [-0.05, 0) is 340 Å². The van der Waals surface area contributed by atoms with Crippen LogP contribution in [0.25, 0.3) is 0 Å². The van der Waals surface area contributed by atoms with Crippen molar-refractivity contribution in [2.75, 3.05) is 7.05 Å². The number of rotatable bonds is 17. The summed E-state index contributed by atoms with van der Waals surface area (Å²) in [5.74, 6) is 7.50. The topological polar surface area (TPSA) is 282 Å². The van der Waals surface area contributed by atoms with E-state index in [4.69, 9.17) is 0 Å². The molecule has 30 atom stereocenters. The zero-order valence-corrected chi connectivity index (χ0v) is 63.3. The molecule has 12 saturated carbocycles. The van der Waals surface area contributed by atoms with E-state index in [2.05, 4.69) is 72.1 Å². The number of Topliss-reactive ketones (excluding diaryl/α,β-unsaturated/α-hetero) is 3. The zero-order chi connectivity index (χ0) is 69.7. The summed E-state index contributed by atoms with van der Waals surface area (Å²) < 4.78 is 77.1. The second kappa shape index (κ2) is 30.4. The Morgan fingerprint density at radius 3 is 1.05 bits per heavy atom. The maximum atomic E-state index is 13.3. The SMILES string of the molecule is C.C.CC(=O)CC[C@@H](C)[C@H]1CC[C@H]2[C@@H]3C(NP(=O)(O)O)C[C@@H]4C[C@H](O)CC[C@]4(C)[C@H]3CC[C@]12C.CC(=O)CC[C@@H](C)[C@H]1CC[C@H]2[C@@H]3C(S(=O)(=O)O)C[C@@H]4C[C@H](O)CC[C@]4(C)[C@H]3CC[C@]12C.CNS(=O)(=O)C1C[C@@H]2C[C@H](O)CC[C@]2(C)[C@H]2CC[C@]3(C)[C@@H]([C@H](C)CCC(C)=O)CC[C@H]3[C@H]12. The second-order valence-corrected chi connectivity index (χ2v) is 42.0. The predicted molar refractivity (Wildman–Crippen MR) is 387 cm³/mol. The van der Waals surface area contributed by atoms with Crippen LogP contribution in [0.3, 0.4) is 0 Å². The van der Waals surface area contributed by atoms with Gasteiger partial charge in [0.1, 0.15) is 17.3 Å². The lowest BCUT2D eigenvalue weighted by Gasteiger charge is -2.63. The van der Waals surface area contributed by atoms with Crippen LogP contribution in [0.1, 0.15) is 291 Å². The third kappa shape index (κ3) is 15.6. The Hall–Kier alpha value is -1.18. The van der Waals surface area contributed by atoms with Crippen LogP contribution in [0.4, 0.5) is 0 Å². The van der Waals surface area contributed by atoms with Crippen LogP contribution in [0.5, 0.6) is 0 Å². The van der Waals surface area contributed by atoms with Crippen molar-refractivity contribution in [3.63, 3.8) is 0 Å². The van der Waals surface area contributed by atoms with Crippen molar-refractivity contribution >= 4 is 45.2 Å². The van der Waals surface area contributed by atoms with Crippen LogP contribution in [0.2, 0.25) is 0 Å². The van der Waals surface area contributed by atoms with E-state index < -0.39 is 33.1 Å². The lowest BCUT2D eigenvalue weighted by Crippen LogP contribution is -2.61. The summed E-state index contributed by atoms with van der Waals surface area (Å²) in [5, 5.41) is 32.8. The van der Waals surface area contributed by atoms with Crippen LogP contribution in [-0.2, 0) is 39.1 Å². The molecule has 0 aliphatic heterocycles. The maximum Gasteiger partial charge on any atom is 0.400 e. The number of carbonyl (C=O) groups excluding carboxylic acids is 3. The molecule has 12 rings (SSSR count). The van der Waals surface area contributed by atoms with E-state index in [1.807, 2.05) is 0 Å². The summed E-state index contributed by atoms with van der Waals surface area (Å²) in [6.45, 7) is 26.3. The Balaban J connectivity index is 0.000000184. The molecule has 0 spiro atoms. The van der Waals surface area contributed by atoms with Crippen molar-refractivity contribution < 1.29 is 65.4 Å². The molecular weight excluding hydrogens is 1280 g/mol. The monoisotopic (exact) mass is 1420 g/mol. The third-order valence-electron chi connectivity index (χ3n) is 32.5. The Morgan fingerprint density at radius 2 is 0.732 bits per heavy atom. The number of ketones is 3. The number of carbonyl (C=O) groups is 3. The largest absolute Gasteiger partial charge is 0.400 e. The number of hydrogen-bond acceptors (Lipinski definition) is 11. The highest BCUT2D eigenvalue weighted by Gasteiger charge is 2.68. The highest BCUT2D eigenvalue weighted by Crippen LogP contribution is 2.73. The minimum atomic E-state index is -4.35. The number of aliphatic hydroxyl groups excluding tert-OH is 3. The van der Waals surface area contributed by atoms with Gasteiger partial charge in [0.25, 0.3) is 10.1 Å². The smallest absolute Gasteiger partial charge is 0.393 e. The fourth-order valence-electron chi connectivity index (χ4n) is 27.6. The summed E-state index contributed by atoms with van der Waals surface area (Å²) in [6.07, 6.45) is 26.8. The molecule has 0 radical (unpaired) electrons. The van der Waals surface area contributed by atoms with Gasteiger partial charge in [-0.15, -0.1) is 0 Å². The average molecular weight is 1420 g/mol. The molecule has 12 aliphatic carbocycles. The second-order valence-electron chi connectivity index (χ2n) is 36.9. The first-order chi connectivity index (χ1) is 44.2. The fourth-order valence-corrected chi connectivity index (χ4v) is 31.1. The van der Waals surface area contributed by atoms with Gasteiger partial charge < -0.3 is 39.5 Å². The van der Waals surface area contributed by atoms with Crippen molar-refractivity contribution in [1.82, 2.24) is 9.81 Å². The zero-order valence-electron chi connectivity index (χ0n) is 60.8. The molecule has 16 nitrogen and oxygen atoms in total. The standard InChI is InChI=1S/C26H45NO4S.C25H44NO5P.C25H42O5S.2CH4/c1-16(6-7-17(2)28)20-8-9-21-24-22(11-13-26(20,21)4)25(3)12-10-19(29)14-18(25)15-23(24)32(30,31)27-5;1-15(5-6-16(2)27)19-7-8-20-23-21(10-12-25(19,20)4)24(3)11-9-18(28)13-17(24)14-22(23)26-32(29,30)31;1-15(5-6-16(2)26)19-7-8-20-23-21(10-12-25(19,20)4)24(3)11-9-18(27)13-17(24)14-22(23)31(28,29)30;;/h16,18-24,27,29H,6-15H2,1-5H3;15,17-23,28H,5-14H2,1-4H3,(H3,26,29,30,31);15,17-23,27H,5-14H2,1-4H3,(H,28,29,30);2*1H4/t16-,18+,19-,20-,21+,22+,23?,24+,25+,26-;2*15-,17+,18-,19-,20+,21+,22?,23+,24+,25-;;/m111../s1. The van der Waals surface area contributed by atoms with Crippen molar-refractivity contribution in [3.8, 4) is 0 Å². The van der Waals surface area contributed by atoms with Gasteiger partial charge in [-0.1, -0.05) is 77.2 Å². The third-order valence-corrected chi connectivity index (χ3v) is 36.3. The van der Waals surface area contributed by atoms with Crippen molar-refractivity contribution in [3.05, 3.63) is 0 Å². The lowest BCUT2D eigenvalue weighted by molar-refractivity contribution is -0.139. The van der Waals surface area contributed by atoms with E-state index in [0.717, 1.165) is 141 Å². The molecule has 0 aromatic heterocycles. The number of hydrogen-bond donors (Lipinski definition) is 8. The quantitative estimate of drug-likeness (QED) is 0.0496. The summed E-state index contributed by atoms with van der Waals surface area (Å²) in [5.41, 5.74) is 0.766. The molecule has 0 heterocycles. The first-order valence-corrected chi connectivity index (χ1v) is 43.1. The first kappa shape index (κ1) is 81.5. The van der Waals surface area contributed by atoms with E-state index in [0.29, 0.717) is 115 Å². The lowest BCUT2D eigenvalue weighted by atomic mass is 9.43. The van der Waals surface area contributed by atoms with E-state index in [1.165, 1.54) is 12.8 Å². The molecular formula is C78H139N2O14PS2. The molecule has 12 fully saturated rings. The van der Waals surface area contributed by atoms with Gasteiger partial charge in [0.2, 0.25) is 10.0 Å². The van der Waals surface area contributed by atoms with E-state index >= 15 is 0 Å². The van der Waals surface area contributed by atoms with Gasteiger partial charge in [0, 0.05) is 25.3 Å². The molecule has 97 heavy (non-hydrogen) atoms. The number of nitrogens with one attached hydrogen (secondary N) is 2. The van der Waals surface area contributed by atoms with Gasteiger partial charge in [-0.25, -0.2) is 22.8 Å². The summed E-state index contributed by atoms with van der Waals surface area (Å²) in [6, 6.07) is -0.194. The maximum absolute atomic E-state index is 13.3. The Bertz CT molecular complexity index is 3040. The van der Waals surface area contributed by atoms with Crippen molar-refractivity contribution in [1.29, 1.82) is 0 Å². The summed E-state index contributed by atoms with van der Waals surface area (Å²) in [7, 11) is -10.3. The van der Waals surface area contributed by atoms with Gasteiger partial charge >= 0.3 is 7.75 Å². The number of aliphatic hydroxyl groups is 3. The van der Waals surface area contributed by atoms with Crippen LogP contribution < -0.4 is 9.81 Å². The molecule has 3 unspecified atom stereocenters. The molecule has 8 N–H and O–H groups in total. The molecule has 0 aromatic carbocycles. The molecule has 0 amide bonds. The molecule has 12 aliphatic rings. The predicted octanol–water partition coefficient (Wildman–Crippen LogP) is 15.4. The average Bonchev–Trinajstić information content (AvgIpc) is 1.70. The Morgan fingerprint density at radius 1 is 0.443 bits per heavy atom. The van der Waals surface area contributed by atoms with Gasteiger partial charge in [0.05, 0.1) is 28.8 Å². The van der Waals surface area contributed by atoms with Crippen LogP contribution in [0, 0.1) is 139 Å². The highest BCUT2D eigenvalue weighted by molar-refractivity contribution is 7.90. The van der Waals surface area contributed by atoms with Crippen molar-refractivity contribution in [2.24, 2.45) is 139 Å². The molecule has 562 valence electrons. The van der Waals surface area contributed by atoms with Gasteiger partial charge in [0.15, 0.2) is 0 Å². The van der Waals surface area contributed by atoms with Crippen LogP contribution >= 0.6 is 7.75 Å². The van der Waals surface area contributed by atoms with Crippen LogP contribution in [0.15, 0.2) is 0 Å². The molecule has 0 saturated heterocycles. The summed E-state index contributed by atoms with van der Waals surface area (Å²) >= 11 is 0. The minimum absolute atomic E-state index is 0. The van der Waals surface area contributed by atoms with E-state index in [9.17, 15) is 65.4 Å². The molecule has 0 aromatic rings. The molecule has 0 bridgehead atoms. The van der Waals surface area contributed by atoms with Crippen molar-refractivity contribution in [2.45, 2.75) is 325 Å². The number of fused-ring (bicyclic) bond motifs is 15. The highest BCUT2D eigenvalue weighted by atomic mass is 32.2. The Kier molecular flexibility index (Phi) is 25.5. The number of sulfonamides is 1. The summed E-state index contributed by atoms with van der Waals surface area (Å²) in [4.78, 5) is 54.4. The van der Waals surface area contributed by atoms with E-state index in [-0.39, 0.29) is 124 Å². The van der Waals surface area contributed by atoms with E-state index in [1.54, 1.807) is 27.8 Å².